The minimum absolute atomic E-state index is 0.198. The number of carbonyl (C=O) groups excluding carboxylic acids is 2. The lowest BCUT2D eigenvalue weighted by atomic mass is 10.1. The van der Waals surface area contributed by atoms with Crippen molar-refractivity contribution >= 4 is 45.6 Å². The Morgan fingerprint density at radius 2 is 1.76 bits per heavy atom. The lowest BCUT2D eigenvalue weighted by molar-refractivity contribution is -0.136. The molecular formula is C24H27NO7S. The van der Waals surface area contributed by atoms with Crippen LogP contribution in [0.5, 0.6) is 11.5 Å². The fourth-order valence-electron chi connectivity index (χ4n) is 3.20. The van der Waals surface area contributed by atoms with Crippen LogP contribution in [-0.4, -0.2) is 42.8 Å². The fraction of sp³-hybridized carbons (Fsp3) is 0.375. The van der Waals surface area contributed by atoms with Gasteiger partial charge in [0, 0.05) is 16.8 Å². The zero-order chi connectivity index (χ0) is 24.2. The molecule has 1 aromatic heterocycles. The summed E-state index contributed by atoms with van der Waals surface area (Å²) in [5.41, 5.74) is -0.936. The van der Waals surface area contributed by atoms with E-state index in [0.717, 1.165) is 0 Å². The van der Waals surface area contributed by atoms with Crippen LogP contribution in [0.1, 0.15) is 27.2 Å². The van der Waals surface area contributed by atoms with E-state index in [-0.39, 0.29) is 11.3 Å². The molecule has 0 unspecified atom stereocenters. The predicted octanol–water partition coefficient (Wildman–Crippen LogP) is 4.51. The van der Waals surface area contributed by atoms with Crippen LogP contribution in [0, 0.1) is 0 Å². The number of methoxy groups -OCH3 is 1. The Morgan fingerprint density at radius 1 is 1.06 bits per heavy atom. The molecule has 3 aromatic rings. The van der Waals surface area contributed by atoms with Crippen molar-refractivity contribution in [2.24, 2.45) is 0 Å². The van der Waals surface area contributed by atoms with Gasteiger partial charge in [0.15, 0.2) is 0 Å². The highest BCUT2D eigenvalue weighted by Crippen LogP contribution is 2.28. The maximum Gasteiger partial charge on any atom is 0.408 e. The first-order valence-corrected chi connectivity index (χ1v) is 11.8. The normalized spacial score (nSPS) is 12.4. The van der Waals surface area contributed by atoms with Crippen molar-refractivity contribution in [2.45, 2.75) is 38.8 Å². The van der Waals surface area contributed by atoms with Crippen LogP contribution in [0.3, 0.4) is 0 Å². The Labute approximate surface area is 195 Å². The smallest absolute Gasteiger partial charge is 0.408 e. The molecule has 0 aliphatic carbocycles. The first kappa shape index (κ1) is 24.4. The highest BCUT2D eigenvalue weighted by atomic mass is 32.2. The van der Waals surface area contributed by atoms with Crippen molar-refractivity contribution in [3.05, 3.63) is 46.8 Å². The number of amides is 1. The average molecular weight is 474 g/mol. The monoisotopic (exact) mass is 473 g/mol. The summed E-state index contributed by atoms with van der Waals surface area (Å²) in [6, 6.07) is 9.08. The summed E-state index contributed by atoms with van der Waals surface area (Å²) in [5, 5.41) is 4.36. The molecule has 0 fully saturated rings. The summed E-state index contributed by atoms with van der Waals surface area (Å²) >= 11 is 1.54. The van der Waals surface area contributed by atoms with Gasteiger partial charge < -0.3 is 23.9 Å². The van der Waals surface area contributed by atoms with E-state index in [0.29, 0.717) is 34.1 Å². The highest BCUT2D eigenvalue weighted by Gasteiger charge is 2.26. The molecule has 1 heterocycles. The van der Waals surface area contributed by atoms with Crippen molar-refractivity contribution in [1.82, 2.24) is 5.32 Å². The molecular weight excluding hydrogens is 446 g/mol. The van der Waals surface area contributed by atoms with Gasteiger partial charge in [-0.3, -0.25) is 0 Å². The zero-order valence-electron chi connectivity index (χ0n) is 19.2. The number of esters is 1. The molecule has 8 nitrogen and oxygen atoms in total. The van der Waals surface area contributed by atoms with E-state index >= 15 is 0 Å². The molecule has 1 amide bonds. The molecule has 0 radical (unpaired) electrons. The van der Waals surface area contributed by atoms with Gasteiger partial charge in [0.25, 0.3) is 0 Å². The summed E-state index contributed by atoms with van der Waals surface area (Å²) < 4.78 is 21.4. The number of hydrogen-bond donors (Lipinski definition) is 1. The third-order valence-electron chi connectivity index (χ3n) is 4.70. The molecule has 33 heavy (non-hydrogen) atoms. The van der Waals surface area contributed by atoms with E-state index in [4.69, 9.17) is 18.6 Å². The number of nitrogens with one attached hydrogen (secondary N) is 1. The van der Waals surface area contributed by atoms with Crippen LogP contribution in [0.2, 0.25) is 0 Å². The molecule has 1 atom stereocenters. The Morgan fingerprint density at radius 3 is 2.42 bits per heavy atom. The van der Waals surface area contributed by atoms with Gasteiger partial charge in [-0.2, -0.15) is 11.8 Å². The Kier molecular flexibility index (Phi) is 7.53. The van der Waals surface area contributed by atoms with E-state index in [1.54, 1.807) is 62.9 Å². The molecule has 0 spiro atoms. The van der Waals surface area contributed by atoms with Crippen molar-refractivity contribution in [1.29, 1.82) is 0 Å². The van der Waals surface area contributed by atoms with Crippen LogP contribution < -0.4 is 20.4 Å². The van der Waals surface area contributed by atoms with Gasteiger partial charge in [0.05, 0.1) is 12.5 Å². The molecule has 0 saturated heterocycles. The number of thioether (sulfide) groups is 1. The van der Waals surface area contributed by atoms with Crippen LogP contribution in [-0.2, 0) is 9.53 Å². The van der Waals surface area contributed by atoms with Gasteiger partial charge >= 0.3 is 17.7 Å². The van der Waals surface area contributed by atoms with Gasteiger partial charge in [0.1, 0.15) is 28.7 Å². The number of carbonyl (C=O) groups is 2. The van der Waals surface area contributed by atoms with Crippen LogP contribution in [0.25, 0.3) is 21.7 Å². The summed E-state index contributed by atoms with van der Waals surface area (Å²) in [6.45, 7) is 5.22. The third kappa shape index (κ3) is 6.19. The second-order valence-corrected chi connectivity index (χ2v) is 9.35. The number of ether oxygens (including phenoxy) is 3. The van der Waals surface area contributed by atoms with Gasteiger partial charge in [-0.1, -0.05) is 0 Å². The molecule has 0 bridgehead atoms. The minimum atomic E-state index is -0.890. The lowest BCUT2D eigenvalue weighted by Crippen LogP contribution is -2.45. The van der Waals surface area contributed by atoms with Crippen molar-refractivity contribution in [3.63, 3.8) is 0 Å². The molecule has 2 aromatic carbocycles. The Hall–Kier alpha value is -3.20. The average Bonchev–Trinajstić information content (AvgIpc) is 2.75. The lowest BCUT2D eigenvalue weighted by Gasteiger charge is -2.22. The predicted molar refractivity (Wildman–Crippen MR) is 128 cm³/mol. The van der Waals surface area contributed by atoms with Crippen LogP contribution in [0.15, 0.2) is 45.6 Å². The Bertz CT molecular complexity index is 1230. The van der Waals surface area contributed by atoms with Crippen molar-refractivity contribution in [2.75, 3.05) is 19.1 Å². The molecule has 3 rings (SSSR count). The van der Waals surface area contributed by atoms with E-state index in [9.17, 15) is 14.4 Å². The molecule has 0 aliphatic heterocycles. The summed E-state index contributed by atoms with van der Waals surface area (Å²) in [4.78, 5) is 37.4. The van der Waals surface area contributed by atoms with Gasteiger partial charge in [0.2, 0.25) is 0 Å². The quantitative estimate of drug-likeness (QED) is 0.231. The van der Waals surface area contributed by atoms with E-state index in [1.807, 2.05) is 6.26 Å². The number of fused-ring (bicyclic) bond motifs is 3. The number of rotatable bonds is 7. The second-order valence-electron chi connectivity index (χ2n) is 8.36. The van der Waals surface area contributed by atoms with Crippen LogP contribution in [0.4, 0.5) is 4.79 Å². The van der Waals surface area contributed by atoms with E-state index in [2.05, 4.69) is 5.32 Å². The minimum Gasteiger partial charge on any atom is -0.497 e. The molecule has 9 heteroatoms. The number of hydrogen-bond acceptors (Lipinski definition) is 8. The Balaban J connectivity index is 1.85. The second kappa shape index (κ2) is 10.2. The van der Waals surface area contributed by atoms with E-state index in [1.165, 1.54) is 13.2 Å². The fourth-order valence-corrected chi connectivity index (χ4v) is 3.68. The summed E-state index contributed by atoms with van der Waals surface area (Å²) in [7, 11) is 1.52. The van der Waals surface area contributed by atoms with Gasteiger partial charge in [-0.25, -0.2) is 14.4 Å². The first-order valence-electron chi connectivity index (χ1n) is 10.4. The summed E-state index contributed by atoms with van der Waals surface area (Å²) in [6.07, 6.45) is 1.58. The standard InChI is InChI=1S/C24H27NO7S/c1-24(2,3)32-23(28)25-19(10-11-33-5)22(27)30-15-7-9-17-16-8-6-14(29-4)12-18(16)21(26)31-20(17)13-15/h6-9,12-13,19H,10-11H2,1-5H3,(H,25,28)/t19-/m0/s1. The largest absolute Gasteiger partial charge is 0.497 e. The maximum absolute atomic E-state index is 12.8. The first-order chi connectivity index (χ1) is 15.6. The number of benzene rings is 2. The van der Waals surface area contributed by atoms with Crippen LogP contribution >= 0.6 is 11.8 Å². The van der Waals surface area contributed by atoms with Gasteiger partial charge in [-0.15, -0.1) is 0 Å². The molecule has 0 saturated carbocycles. The highest BCUT2D eigenvalue weighted by molar-refractivity contribution is 7.98. The number of alkyl carbamates (subject to hydrolysis) is 1. The topological polar surface area (TPSA) is 104 Å². The molecule has 176 valence electrons. The van der Waals surface area contributed by atoms with E-state index < -0.39 is 29.3 Å². The molecule has 0 aliphatic rings. The van der Waals surface area contributed by atoms with Gasteiger partial charge in [-0.05, 0) is 69.5 Å². The van der Waals surface area contributed by atoms with Crippen molar-refractivity contribution < 1.29 is 28.2 Å². The summed E-state index contributed by atoms with van der Waals surface area (Å²) in [5.74, 6) is 0.747. The molecule has 1 N–H and O–H groups in total. The SMILES string of the molecule is COc1ccc2c(c1)c(=O)oc1cc(OC(=O)[C@H](CCSC)NC(=O)OC(C)(C)C)ccc12. The maximum atomic E-state index is 12.8. The van der Waals surface area contributed by atoms with Crippen molar-refractivity contribution in [3.8, 4) is 11.5 Å². The zero-order valence-corrected chi connectivity index (χ0v) is 20.0. The third-order valence-corrected chi connectivity index (χ3v) is 5.34.